The van der Waals surface area contributed by atoms with Crippen LogP contribution in [0.2, 0.25) is 0 Å². The number of amides is 1. The van der Waals surface area contributed by atoms with Crippen LogP contribution in [-0.2, 0) is 0 Å². The second-order valence-electron chi connectivity index (χ2n) is 5.67. The van der Waals surface area contributed by atoms with Crippen LogP contribution in [0.15, 0.2) is 18.2 Å². The van der Waals surface area contributed by atoms with E-state index in [1.807, 2.05) is 13.8 Å². The lowest BCUT2D eigenvalue weighted by atomic mass is 10.0. The predicted molar refractivity (Wildman–Crippen MR) is 91.3 cm³/mol. The highest BCUT2D eigenvalue weighted by Gasteiger charge is 2.18. The molecule has 0 aromatic heterocycles. The Morgan fingerprint density at radius 3 is 2.42 bits per heavy atom. The molecular formula is C16H25ClF2N2O3. The average Bonchev–Trinajstić information content (AvgIpc) is 2.50. The Morgan fingerprint density at radius 2 is 1.92 bits per heavy atom. The highest BCUT2D eigenvalue weighted by atomic mass is 35.5. The molecule has 0 fully saturated rings. The van der Waals surface area contributed by atoms with Crippen LogP contribution in [-0.4, -0.2) is 44.2 Å². The van der Waals surface area contributed by atoms with Crippen molar-refractivity contribution in [2.24, 2.45) is 11.7 Å². The van der Waals surface area contributed by atoms with E-state index in [1.54, 1.807) is 7.05 Å². The zero-order valence-corrected chi connectivity index (χ0v) is 15.1. The predicted octanol–water partition coefficient (Wildman–Crippen LogP) is 3.16. The third-order valence-electron chi connectivity index (χ3n) is 3.63. The van der Waals surface area contributed by atoms with Crippen LogP contribution in [0.5, 0.6) is 11.5 Å². The van der Waals surface area contributed by atoms with Gasteiger partial charge in [0.15, 0.2) is 11.5 Å². The number of nitrogens with two attached hydrogens (primary N) is 1. The number of halogens is 3. The van der Waals surface area contributed by atoms with Gasteiger partial charge in [-0.1, -0.05) is 13.8 Å². The van der Waals surface area contributed by atoms with Crippen LogP contribution in [0.4, 0.5) is 8.78 Å². The van der Waals surface area contributed by atoms with E-state index in [1.165, 1.54) is 30.2 Å². The molecule has 0 radical (unpaired) electrons. The number of hydrogen-bond acceptors (Lipinski definition) is 4. The number of ether oxygens (including phenoxy) is 2. The molecule has 0 aliphatic rings. The third kappa shape index (κ3) is 6.49. The van der Waals surface area contributed by atoms with E-state index in [2.05, 4.69) is 4.74 Å². The molecule has 1 rings (SSSR count). The monoisotopic (exact) mass is 366 g/mol. The third-order valence-corrected chi connectivity index (χ3v) is 3.63. The standard InChI is InChI=1S/C16H24F2N2O3.ClH/c1-10(2)12(19)7-8-20(3)15(21)11-5-6-13(22-4)14(9-11)23-16(17)18;/h5-6,9-10,12,16H,7-8,19H2,1-4H3;1H. The van der Waals surface area contributed by atoms with Crippen molar-refractivity contribution in [2.75, 3.05) is 20.7 Å². The maximum atomic E-state index is 12.4. The van der Waals surface area contributed by atoms with Crippen LogP contribution in [0, 0.1) is 5.92 Å². The highest BCUT2D eigenvalue weighted by Crippen LogP contribution is 2.29. The number of nitrogens with zero attached hydrogens (tertiary/aromatic N) is 1. The lowest BCUT2D eigenvalue weighted by Crippen LogP contribution is -2.34. The Morgan fingerprint density at radius 1 is 1.29 bits per heavy atom. The summed E-state index contributed by atoms with van der Waals surface area (Å²) >= 11 is 0. The molecule has 0 heterocycles. The van der Waals surface area contributed by atoms with Gasteiger partial charge in [-0.05, 0) is 30.5 Å². The van der Waals surface area contributed by atoms with Gasteiger partial charge in [-0.15, -0.1) is 12.4 Å². The molecule has 138 valence electrons. The first kappa shape index (κ1) is 22.4. The summed E-state index contributed by atoms with van der Waals surface area (Å²) in [4.78, 5) is 13.9. The van der Waals surface area contributed by atoms with Gasteiger partial charge in [-0.2, -0.15) is 8.78 Å². The summed E-state index contributed by atoms with van der Waals surface area (Å²) in [6.45, 7) is 1.53. The SMILES string of the molecule is COc1ccc(C(=O)N(C)CCC(N)C(C)C)cc1OC(F)F.Cl. The van der Waals surface area contributed by atoms with Gasteiger partial charge in [0.25, 0.3) is 5.91 Å². The minimum atomic E-state index is -2.99. The molecule has 2 N–H and O–H groups in total. The molecule has 1 aromatic rings. The van der Waals surface area contributed by atoms with Gasteiger partial charge < -0.3 is 20.1 Å². The van der Waals surface area contributed by atoms with Gasteiger partial charge in [0.2, 0.25) is 0 Å². The molecule has 1 aromatic carbocycles. The quantitative estimate of drug-likeness (QED) is 0.767. The van der Waals surface area contributed by atoms with Crippen LogP contribution >= 0.6 is 12.4 Å². The van der Waals surface area contributed by atoms with Gasteiger partial charge in [0, 0.05) is 25.2 Å². The number of carbonyl (C=O) groups excluding carboxylic acids is 1. The van der Waals surface area contributed by atoms with Crippen molar-refractivity contribution in [1.82, 2.24) is 4.90 Å². The van der Waals surface area contributed by atoms with E-state index in [4.69, 9.17) is 10.5 Å². The van der Waals surface area contributed by atoms with Crippen molar-refractivity contribution in [3.05, 3.63) is 23.8 Å². The maximum absolute atomic E-state index is 12.4. The molecule has 1 atom stereocenters. The zero-order chi connectivity index (χ0) is 17.6. The van der Waals surface area contributed by atoms with Gasteiger partial charge >= 0.3 is 6.61 Å². The first-order chi connectivity index (χ1) is 10.8. The molecule has 0 aliphatic carbocycles. The fourth-order valence-electron chi connectivity index (χ4n) is 2.00. The first-order valence-corrected chi connectivity index (χ1v) is 7.40. The first-order valence-electron chi connectivity index (χ1n) is 7.40. The minimum Gasteiger partial charge on any atom is -0.493 e. The van der Waals surface area contributed by atoms with Gasteiger partial charge in [-0.3, -0.25) is 4.79 Å². The van der Waals surface area contributed by atoms with Crippen LogP contribution in [0.3, 0.4) is 0 Å². The van der Waals surface area contributed by atoms with Crippen molar-refractivity contribution < 1.29 is 23.0 Å². The lowest BCUT2D eigenvalue weighted by Gasteiger charge is -2.22. The molecular weight excluding hydrogens is 342 g/mol. The smallest absolute Gasteiger partial charge is 0.387 e. The number of hydrogen-bond donors (Lipinski definition) is 1. The Kier molecular flexibility index (Phi) is 9.62. The van der Waals surface area contributed by atoms with Gasteiger partial charge in [0.05, 0.1) is 7.11 Å². The van der Waals surface area contributed by atoms with E-state index >= 15 is 0 Å². The number of methoxy groups -OCH3 is 1. The summed E-state index contributed by atoms with van der Waals surface area (Å²) in [6.07, 6.45) is 0.663. The fourth-order valence-corrected chi connectivity index (χ4v) is 2.00. The molecule has 0 saturated carbocycles. The lowest BCUT2D eigenvalue weighted by molar-refractivity contribution is -0.0512. The molecule has 24 heavy (non-hydrogen) atoms. The van der Waals surface area contributed by atoms with Gasteiger partial charge in [0.1, 0.15) is 0 Å². The van der Waals surface area contributed by atoms with E-state index in [0.717, 1.165) is 0 Å². The van der Waals surface area contributed by atoms with E-state index in [0.29, 0.717) is 18.9 Å². The normalized spacial score (nSPS) is 11.9. The zero-order valence-electron chi connectivity index (χ0n) is 14.3. The second kappa shape index (κ2) is 10.3. The molecule has 8 heteroatoms. The summed E-state index contributed by atoms with van der Waals surface area (Å²) in [5.41, 5.74) is 6.21. The summed E-state index contributed by atoms with van der Waals surface area (Å²) < 4.78 is 34.2. The van der Waals surface area contributed by atoms with Crippen molar-refractivity contribution in [3.63, 3.8) is 0 Å². The summed E-state index contributed by atoms with van der Waals surface area (Å²) in [6, 6.07) is 4.20. The number of carbonyl (C=O) groups is 1. The molecule has 5 nitrogen and oxygen atoms in total. The Labute approximate surface area is 147 Å². The molecule has 0 bridgehead atoms. The van der Waals surface area contributed by atoms with Crippen LogP contribution in [0.1, 0.15) is 30.6 Å². The summed E-state index contributed by atoms with van der Waals surface area (Å²) in [5, 5.41) is 0. The number of rotatable bonds is 8. The van der Waals surface area contributed by atoms with E-state index in [-0.39, 0.29) is 41.4 Å². The topological polar surface area (TPSA) is 64.8 Å². The Hall–Kier alpha value is -1.60. The van der Waals surface area contributed by atoms with Gasteiger partial charge in [-0.25, -0.2) is 0 Å². The summed E-state index contributed by atoms with van der Waals surface area (Å²) in [7, 11) is 2.99. The van der Waals surface area contributed by atoms with Crippen molar-refractivity contribution in [3.8, 4) is 11.5 Å². The Bertz CT molecular complexity index is 530. The molecule has 0 saturated heterocycles. The largest absolute Gasteiger partial charge is 0.493 e. The highest BCUT2D eigenvalue weighted by molar-refractivity contribution is 5.94. The van der Waals surface area contributed by atoms with Crippen molar-refractivity contribution >= 4 is 18.3 Å². The fraction of sp³-hybridized carbons (Fsp3) is 0.562. The van der Waals surface area contributed by atoms with E-state index in [9.17, 15) is 13.6 Å². The summed E-state index contributed by atoms with van der Waals surface area (Å²) in [5.74, 6) is 0.0141. The molecule has 1 amide bonds. The van der Waals surface area contributed by atoms with Crippen molar-refractivity contribution in [1.29, 1.82) is 0 Å². The second-order valence-corrected chi connectivity index (χ2v) is 5.67. The molecule has 0 spiro atoms. The average molecular weight is 367 g/mol. The number of alkyl halides is 2. The van der Waals surface area contributed by atoms with E-state index < -0.39 is 6.61 Å². The van der Waals surface area contributed by atoms with Crippen molar-refractivity contribution in [2.45, 2.75) is 32.9 Å². The molecule has 0 aliphatic heterocycles. The maximum Gasteiger partial charge on any atom is 0.387 e. The molecule has 1 unspecified atom stereocenters. The van der Waals surface area contributed by atoms with Crippen LogP contribution < -0.4 is 15.2 Å². The van der Waals surface area contributed by atoms with Crippen LogP contribution in [0.25, 0.3) is 0 Å². The number of benzene rings is 1. The Balaban J connectivity index is 0.00000529. The minimum absolute atomic E-state index is 0.